The van der Waals surface area contributed by atoms with E-state index in [1.165, 1.54) is 0 Å². The Bertz CT molecular complexity index is 1000. The highest BCUT2D eigenvalue weighted by Gasteiger charge is 2.11. The molecule has 0 spiro atoms. The third kappa shape index (κ3) is 2.54. The molecule has 0 radical (unpaired) electrons. The van der Waals surface area contributed by atoms with E-state index in [1.54, 1.807) is 18.2 Å². The van der Waals surface area contributed by atoms with Gasteiger partial charge in [0.15, 0.2) is 5.82 Å². The van der Waals surface area contributed by atoms with Crippen LogP contribution < -0.4 is 5.32 Å². The number of aromatic hydroxyl groups is 1. The number of benzene rings is 3. The van der Waals surface area contributed by atoms with Gasteiger partial charge in [-0.05, 0) is 12.1 Å². The van der Waals surface area contributed by atoms with Crippen molar-refractivity contribution in [3.05, 3.63) is 78.9 Å². The largest absolute Gasteiger partial charge is 0.506 e. The molecule has 1 aromatic heterocycles. The molecule has 0 bridgehead atoms. The average Bonchev–Trinajstić information content (AvgIpc) is 2.64. The lowest BCUT2D eigenvalue weighted by Crippen LogP contribution is -1.99. The van der Waals surface area contributed by atoms with E-state index in [0.29, 0.717) is 11.5 Å². The van der Waals surface area contributed by atoms with Crippen LogP contribution in [0.15, 0.2) is 78.9 Å². The molecule has 0 saturated carbocycles. The number of anilines is 2. The maximum absolute atomic E-state index is 9.97. The standard InChI is InChI=1S/C20H15N3O/c24-18-13-7-6-12-17(18)21-20-16-11-5-4-10-15(16)19(22-23-20)14-8-2-1-3-9-14/h1-13,24H,(H,21,23). The smallest absolute Gasteiger partial charge is 0.161 e. The summed E-state index contributed by atoms with van der Waals surface area (Å²) in [5, 5.41) is 23.9. The minimum absolute atomic E-state index is 0.176. The highest BCUT2D eigenvalue weighted by Crippen LogP contribution is 2.32. The third-order valence-corrected chi connectivity index (χ3v) is 3.89. The molecule has 0 aliphatic heterocycles. The Balaban J connectivity index is 1.86. The summed E-state index contributed by atoms with van der Waals surface area (Å²) in [6.45, 7) is 0. The minimum atomic E-state index is 0.176. The van der Waals surface area contributed by atoms with Crippen LogP contribution in [0.1, 0.15) is 0 Å². The molecule has 1 heterocycles. The summed E-state index contributed by atoms with van der Waals surface area (Å²) in [6.07, 6.45) is 0. The summed E-state index contributed by atoms with van der Waals surface area (Å²) in [4.78, 5) is 0. The molecular weight excluding hydrogens is 298 g/mol. The number of fused-ring (bicyclic) bond motifs is 1. The summed E-state index contributed by atoms with van der Waals surface area (Å²) in [5.41, 5.74) is 2.47. The van der Waals surface area contributed by atoms with Crippen molar-refractivity contribution < 1.29 is 5.11 Å². The van der Waals surface area contributed by atoms with Gasteiger partial charge in [-0.1, -0.05) is 66.7 Å². The number of phenolic OH excluding ortho intramolecular Hbond substituents is 1. The van der Waals surface area contributed by atoms with E-state index in [9.17, 15) is 5.11 Å². The van der Waals surface area contributed by atoms with Crippen LogP contribution in [0.3, 0.4) is 0 Å². The Morgan fingerprint density at radius 3 is 2.12 bits per heavy atom. The van der Waals surface area contributed by atoms with Crippen molar-refractivity contribution in [3.63, 3.8) is 0 Å². The quantitative estimate of drug-likeness (QED) is 0.536. The van der Waals surface area contributed by atoms with Crippen molar-refractivity contribution in [3.8, 4) is 17.0 Å². The lowest BCUT2D eigenvalue weighted by molar-refractivity contribution is 0.477. The summed E-state index contributed by atoms with van der Waals surface area (Å²) in [5.74, 6) is 0.794. The molecule has 4 aromatic rings. The zero-order valence-electron chi connectivity index (χ0n) is 12.8. The van der Waals surface area contributed by atoms with Crippen molar-refractivity contribution in [1.82, 2.24) is 10.2 Å². The van der Waals surface area contributed by atoms with E-state index in [2.05, 4.69) is 15.5 Å². The van der Waals surface area contributed by atoms with Crippen LogP contribution in [-0.2, 0) is 0 Å². The molecule has 3 aromatic carbocycles. The monoisotopic (exact) mass is 313 g/mol. The van der Waals surface area contributed by atoms with Gasteiger partial charge in [-0.2, -0.15) is 0 Å². The van der Waals surface area contributed by atoms with E-state index in [4.69, 9.17) is 0 Å². The van der Waals surface area contributed by atoms with Crippen molar-refractivity contribution in [2.24, 2.45) is 0 Å². The molecule has 4 rings (SSSR count). The summed E-state index contributed by atoms with van der Waals surface area (Å²) in [7, 11) is 0. The summed E-state index contributed by atoms with van der Waals surface area (Å²) in [6, 6.07) is 25.1. The van der Waals surface area contributed by atoms with Crippen LogP contribution in [-0.4, -0.2) is 15.3 Å². The zero-order chi connectivity index (χ0) is 16.4. The number of hydrogen-bond donors (Lipinski definition) is 2. The number of nitrogens with one attached hydrogen (secondary N) is 1. The van der Waals surface area contributed by atoms with Crippen LogP contribution in [0.2, 0.25) is 0 Å². The first-order chi connectivity index (χ1) is 11.8. The Kier molecular flexibility index (Phi) is 3.56. The van der Waals surface area contributed by atoms with Gasteiger partial charge in [0.05, 0.1) is 5.69 Å². The van der Waals surface area contributed by atoms with Gasteiger partial charge in [-0.3, -0.25) is 0 Å². The van der Waals surface area contributed by atoms with Crippen molar-refractivity contribution in [2.45, 2.75) is 0 Å². The van der Waals surface area contributed by atoms with Crippen LogP contribution in [0, 0.1) is 0 Å². The molecule has 0 saturated heterocycles. The highest BCUT2D eigenvalue weighted by atomic mass is 16.3. The predicted molar refractivity (Wildman–Crippen MR) is 96.4 cm³/mol. The maximum atomic E-state index is 9.97. The van der Waals surface area contributed by atoms with E-state index >= 15 is 0 Å². The summed E-state index contributed by atoms with van der Waals surface area (Å²) >= 11 is 0. The van der Waals surface area contributed by atoms with E-state index in [-0.39, 0.29) is 5.75 Å². The Hall–Kier alpha value is -3.40. The molecule has 24 heavy (non-hydrogen) atoms. The normalized spacial score (nSPS) is 10.7. The highest BCUT2D eigenvalue weighted by molar-refractivity contribution is 6.00. The molecule has 0 amide bonds. The van der Waals surface area contributed by atoms with Gasteiger partial charge in [0, 0.05) is 16.3 Å². The van der Waals surface area contributed by atoms with Gasteiger partial charge in [-0.15, -0.1) is 10.2 Å². The molecule has 0 aliphatic rings. The van der Waals surface area contributed by atoms with Gasteiger partial charge in [0.1, 0.15) is 11.4 Å². The van der Waals surface area contributed by atoms with Gasteiger partial charge in [-0.25, -0.2) is 0 Å². The fourth-order valence-corrected chi connectivity index (χ4v) is 2.71. The summed E-state index contributed by atoms with van der Waals surface area (Å²) < 4.78 is 0. The van der Waals surface area contributed by atoms with Crippen molar-refractivity contribution in [1.29, 1.82) is 0 Å². The third-order valence-electron chi connectivity index (χ3n) is 3.89. The Morgan fingerprint density at radius 1 is 0.667 bits per heavy atom. The Morgan fingerprint density at radius 2 is 1.33 bits per heavy atom. The number of nitrogens with zero attached hydrogens (tertiary/aromatic N) is 2. The van der Waals surface area contributed by atoms with Gasteiger partial charge >= 0.3 is 0 Å². The van der Waals surface area contributed by atoms with E-state index in [0.717, 1.165) is 22.0 Å². The van der Waals surface area contributed by atoms with Gasteiger partial charge in [0.2, 0.25) is 0 Å². The number of rotatable bonds is 3. The lowest BCUT2D eigenvalue weighted by atomic mass is 10.0. The minimum Gasteiger partial charge on any atom is -0.506 e. The van der Waals surface area contributed by atoms with Gasteiger partial charge < -0.3 is 10.4 Å². The average molecular weight is 313 g/mol. The predicted octanol–water partition coefficient (Wildman–Crippen LogP) is 4.75. The second-order valence-electron chi connectivity index (χ2n) is 5.45. The fraction of sp³-hybridized carbons (Fsp3) is 0. The second-order valence-corrected chi connectivity index (χ2v) is 5.45. The molecular formula is C20H15N3O. The first-order valence-electron chi connectivity index (χ1n) is 7.69. The first-order valence-corrected chi connectivity index (χ1v) is 7.69. The molecule has 0 unspecified atom stereocenters. The maximum Gasteiger partial charge on any atom is 0.161 e. The molecule has 4 nitrogen and oxygen atoms in total. The van der Waals surface area contributed by atoms with Crippen molar-refractivity contribution in [2.75, 3.05) is 5.32 Å². The molecule has 0 aliphatic carbocycles. The molecule has 116 valence electrons. The zero-order valence-corrected chi connectivity index (χ0v) is 12.8. The first kappa shape index (κ1) is 14.2. The topological polar surface area (TPSA) is 58.0 Å². The fourth-order valence-electron chi connectivity index (χ4n) is 2.71. The van der Waals surface area contributed by atoms with Crippen molar-refractivity contribution >= 4 is 22.3 Å². The van der Waals surface area contributed by atoms with Gasteiger partial charge in [0.25, 0.3) is 0 Å². The van der Waals surface area contributed by atoms with Crippen LogP contribution in [0.5, 0.6) is 5.75 Å². The number of hydrogen-bond acceptors (Lipinski definition) is 4. The second kappa shape index (κ2) is 6.01. The van der Waals surface area contributed by atoms with E-state index in [1.807, 2.05) is 60.7 Å². The lowest BCUT2D eigenvalue weighted by Gasteiger charge is -2.12. The SMILES string of the molecule is Oc1ccccc1Nc1nnc(-c2ccccc2)c2ccccc12. The number of para-hydroxylation sites is 2. The van der Waals surface area contributed by atoms with Crippen LogP contribution in [0.4, 0.5) is 11.5 Å². The molecule has 2 N–H and O–H groups in total. The molecule has 0 fully saturated rings. The number of aromatic nitrogens is 2. The Labute approximate surface area is 139 Å². The number of phenols is 1. The molecule has 4 heteroatoms. The van der Waals surface area contributed by atoms with Crippen LogP contribution >= 0.6 is 0 Å². The van der Waals surface area contributed by atoms with E-state index < -0.39 is 0 Å². The molecule has 0 atom stereocenters. The van der Waals surface area contributed by atoms with Crippen LogP contribution in [0.25, 0.3) is 22.0 Å².